The van der Waals surface area contributed by atoms with Gasteiger partial charge in [-0.05, 0) is 74.8 Å². The van der Waals surface area contributed by atoms with Crippen LogP contribution in [-0.4, -0.2) is 92.9 Å². The fraction of sp³-hybridized carbons (Fsp3) is 0.585. The molecule has 4 aliphatic rings. The number of carbonyl (C=O) groups is 4. The molecular formula is C41H50ClN7O8S. The fourth-order valence-electron chi connectivity index (χ4n) is 8.39. The number of carboxylic acid groups (broad SMARTS) is 1. The van der Waals surface area contributed by atoms with Crippen molar-refractivity contribution in [2.45, 2.75) is 116 Å². The van der Waals surface area contributed by atoms with Crippen LogP contribution in [-0.2, 0) is 19.1 Å². The summed E-state index contributed by atoms with van der Waals surface area (Å²) in [5, 5.41) is 31.4. The number of halogens is 1. The molecule has 3 saturated carbocycles. The maximum atomic E-state index is 14.7. The standard InChI is InChI=1S/C41H50ClN7O8S/c1-7-23-17-41(23,37(52)53)48-35(50)29-15-25(18-49(29)36(51)34(40(4,5)6)47-39(54)57-24-13-21-12-22(21)14-24)56-31-16-27(28-19-58-38(46-28)44-20(2)3)45-33-26(31)8-9-30(32(33)42)55-11-10-43/h8-9,16,19-25,29,34H,7,11-15,17-18H2,1-6H3,(H,44,46)(H,47,54)(H,48,50)(H,52,53)/t21-,22+,23-,24+,25+,29+,34?,41?/m1/s1. The van der Waals surface area contributed by atoms with Crippen LogP contribution in [0.25, 0.3) is 22.3 Å². The Kier molecular flexibility index (Phi) is 11.4. The van der Waals surface area contributed by atoms with Gasteiger partial charge in [0, 0.05) is 29.3 Å². The van der Waals surface area contributed by atoms with Crippen LogP contribution in [0.15, 0.2) is 23.6 Å². The van der Waals surface area contributed by atoms with E-state index in [9.17, 15) is 24.3 Å². The van der Waals surface area contributed by atoms with Gasteiger partial charge in [-0.25, -0.2) is 19.6 Å². The van der Waals surface area contributed by atoms with Crippen LogP contribution in [0.5, 0.6) is 11.5 Å². The van der Waals surface area contributed by atoms with Crippen molar-refractivity contribution in [2.75, 3.05) is 18.5 Å². The molecule has 4 N–H and O–H groups in total. The van der Waals surface area contributed by atoms with Gasteiger partial charge in [0.2, 0.25) is 11.8 Å². The van der Waals surface area contributed by atoms with E-state index in [0.29, 0.717) is 51.4 Å². The lowest BCUT2D eigenvalue weighted by molar-refractivity contribution is -0.146. The molecule has 0 bridgehead atoms. The van der Waals surface area contributed by atoms with Gasteiger partial charge in [-0.2, -0.15) is 5.26 Å². The summed E-state index contributed by atoms with van der Waals surface area (Å²) in [6.07, 6.45) is 1.99. The van der Waals surface area contributed by atoms with Gasteiger partial charge in [-0.3, -0.25) is 9.59 Å². The number of carbonyl (C=O) groups excluding carboxylic acids is 3. The molecule has 58 heavy (non-hydrogen) atoms. The highest BCUT2D eigenvalue weighted by Gasteiger charge is 2.61. The summed E-state index contributed by atoms with van der Waals surface area (Å²) in [4.78, 5) is 65.6. The van der Waals surface area contributed by atoms with Gasteiger partial charge in [0.1, 0.15) is 58.1 Å². The third-order valence-corrected chi connectivity index (χ3v) is 12.8. The number of thiazole rings is 1. The second-order valence-corrected chi connectivity index (χ2v) is 18.6. The van der Waals surface area contributed by atoms with Crippen LogP contribution in [0.2, 0.25) is 5.02 Å². The Hall–Kier alpha value is -4.88. The summed E-state index contributed by atoms with van der Waals surface area (Å²) >= 11 is 8.25. The second kappa shape index (κ2) is 16.1. The number of aliphatic carboxylic acids is 1. The topological polar surface area (TPSA) is 205 Å². The summed E-state index contributed by atoms with van der Waals surface area (Å²) < 4.78 is 18.0. The Morgan fingerprint density at radius 3 is 2.47 bits per heavy atom. The van der Waals surface area contributed by atoms with Crippen molar-refractivity contribution in [3.63, 3.8) is 0 Å². The third-order valence-electron chi connectivity index (χ3n) is 11.6. The van der Waals surface area contributed by atoms with Gasteiger partial charge in [0.25, 0.3) is 0 Å². The molecule has 0 radical (unpaired) electrons. The third kappa shape index (κ3) is 8.47. The van der Waals surface area contributed by atoms with Crippen LogP contribution in [0.1, 0.15) is 80.1 Å². The molecule has 3 amide bonds. The number of alkyl carbamates (subject to hydrolysis) is 1. The quantitative estimate of drug-likeness (QED) is 0.139. The van der Waals surface area contributed by atoms with Crippen LogP contribution < -0.4 is 25.4 Å². The largest absolute Gasteiger partial charge is 0.488 e. The highest BCUT2D eigenvalue weighted by Crippen LogP contribution is 2.52. The Morgan fingerprint density at radius 2 is 1.83 bits per heavy atom. The number of anilines is 1. The maximum Gasteiger partial charge on any atom is 0.408 e. The summed E-state index contributed by atoms with van der Waals surface area (Å²) in [5.41, 5.74) is -0.909. The molecule has 310 valence electrons. The lowest BCUT2D eigenvalue weighted by atomic mass is 9.85. The second-order valence-electron chi connectivity index (χ2n) is 17.3. The van der Waals surface area contributed by atoms with Crippen LogP contribution in [0.4, 0.5) is 9.93 Å². The minimum absolute atomic E-state index is 0.0195. The van der Waals surface area contributed by atoms with Crippen molar-refractivity contribution >= 4 is 62.8 Å². The van der Waals surface area contributed by atoms with E-state index in [0.717, 1.165) is 19.3 Å². The van der Waals surface area contributed by atoms with Crippen LogP contribution >= 0.6 is 22.9 Å². The zero-order valence-corrected chi connectivity index (χ0v) is 35.0. The molecule has 2 unspecified atom stereocenters. The van der Waals surface area contributed by atoms with Crippen molar-refractivity contribution in [3.05, 3.63) is 28.6 Å². The van der Waals surface area contributed by atoms with E-state index in [1.165, 1.54) is 16.2 Å². The minimum atomic E-state index is -1.43. The van der Waals surface area contributed by atoms with Gasteiger partial charge in [0.15, 0.2) is 11.7 Å². The Morgan fingerprint density at radius 1 is 1.09 bits per heavy atom. The van der Waals surface area contributed by atoms with Crippen molar-refractivity contribution < 1.29 is 38.5 Å². The highest BCUT2D eigenvalue weighted by molar-refractivity contribution is 7.14. The first-order valence-electron chi connectivity index (χ1n) is 19.9. The number of amides is 3. The number of hydrogen-bond acceptors (Lipinski definition) is 12. The first-order valence-corrected chi connectivity index (χ1v) is 21.1. The predicted octanol–water partition coefficient (Wildman–Crippen LogP) is 6.39. The minimum Gasteiger partial charge on any atom is -0.488 e. The number of benzene rings is 1. The average Bonchev–Trinajstić information content (AvgIpc) is 3.83. The Labute approximate surface area is 346 Å². The van der Waals surface area contributed by atoms with Gasteiger partial charge in [-0.1, -0.05) is 45.7 Å². The van der Waals surface area contributed by atoms with E-state index in [1.54, 1.807) is 18.2 Å². The molecule has 2 aromatic heterocycles. The Bertz CT molecular complexity index is 2140. The first-order chi connectivity index (χ1) is 27.5. The predicted molar refractivity (Wildman–Crippen MR) is 217 cm³/mol. The van der Waals surface area contributed by atoms with Crippen LogP contribution in [0, 0.1) is 34.5 Å². The SMILES string of the molecule is CC[C@@H]1CC1(NC(=O)[C@@H]1C[C@H](Oc2cc(-c3csc(NC(C)C)n3)nc3c(Cl)c(OCC#N)ccc23)CN1C(=O)C(NC(=O)O[C@@H]1C[C@@H]2C[C@@H]2C1)C(C)(C)C)C(=O)O. The smallest absolute Gasteiger partial charge is 0.408 e. The first kappa shape index (κ1) is 41.3. The van der Waals surface area contributed by atoms with Gasteiger partial charge >= 0.3 is 12.1 Å². The number of hydrogen-bond donors (Lipinski definition) is 4. The van der Waals surface area contributed by atoms with E-state index in [-0.39, 0.29) is 54.8 Å². The number of nitrogens with zero attached hydrogens (tertiary/aromatic N) is 4. The van der Waals surface area contributed by atoms with Crippen molar-refractivity contribution in [2.24, 2.45) is 23.2 Å². The molecule has 8 atom stereocenters. The number of ether oxygens (including phenoxy) is 3. The monoisotopic (exact) mass is 835 g/mol. The normalized spacial score (nSPS) is 26.4. The summed E-state index contributed by atoms with van der Waals surface area (Å²) in [5.74, 6) is -0.729. The summed E-state index contributed by atoms with van der Waals surface area (Å²) in [7, 11) is 0. The zero-order chi connectivity index (χ0) is 41.7. The number of rotatable bonds is 14. The number of nitrogens with one attached hydrogen (secondary N) is 3. The lowest BCUT2D eigenvalue weighted by Crippen LogP contribution is -2.59. The zero-order valence-electron chi connectivity index (χ0n) is 33.5. The van der Waals surface area contributed by atoms with Crippen molar-refractivity contribution in [3.8, 4) is 29.0 Å². The van der Waals surface area contributed by atoms with Crippen molar-refractivity contribution in [1.82, 2.24) is 25.5 Å². The number of aromatic nitrogens is 2. The van der Waals surface area contributed by atoms with Crippen molar-refractivity contribution in [1.29, 1.82) is 5.26 Å². The highest BCUT2D eigenvalue weighted by atomic mass is 35.5. The number of likely N-dealkylation sites (tertiary alicyclic amines) is 1. The lowest BCUT2D eigenvalue weighted by Gasteiger charge is -2.35. The molecule has 1 saturated heterocycles. The molecular weight excluding hydrogens is 786 g/mol. The molecule has 3 heterocycles. The molecule has 1 aromatic carbocycles. The average molecular weight is 836 g/mol. The summed E-state index contributed by atoms with van der Waals surface area (Å²) in [6.45, 7) is 11.0. The molecule has 3 aliphatic carbocycles. The van der Waals surface area contributed by atoms with E-state index < -0.39 is 53.0 Å². The number of carboxylic acids is 1. The number of pyridine rings is 1. The maximum absolute atomic E-state index is 14.7. The molecule has 1 aliphatic heterocycles. The number of nitriles is 1. The molecule has 4 fully saturated rings. The molecule has 17 heteroatoms. The van der Waals surface area contributed by atoms with Crippen LogP contribution in [0.3, 0.4) is 0 Å². The number of fused-ring (bicyclic) bond motifs is 2. The van der Waals surface area contributed by atoms with E-state index in [2.05, 4.69) is 16.0 Å². The van der Waals surface area contributed by atoms with E-state index in [4.69, 9.17) is 41.0 Å². The van der Waals surface area contributed by atoms with Gasteiger partial charge in [-0.15, -0.1) is 11.3 Å². The van der Waals surface area contributed by atoms with E-state index in [1.807, 2.05) is 53.0 Å². The Balaban J connectivity index is 1.21. The summed E-state index contributed by atoms with van der Waals surface area (Å²) in [6, 6.07) is 4.92. The fourth-order valence-corrected chi connectivity index (χ4v) is 9.50. The molecule has 15 nitrogen and oxygen atoms in total. The molecule has 3 aromatic rings. The molecule has 7 rings (SSSR count). The van der Waals surface area contributed by atoms with Gasteiger partial charge in [0.05, 0.1) is 17.8 Å². The molecule has 0 spiro atoms. The van der Waals surface area contributed by atoms with Gasteiger partial charge < -0.3 is 40.2 Å². The van der Waals surface area contributed by atoms with E-state index >= 15 is 0 Å².